The third-order valence-electron chi connectivity index (χ3n) is 2.01. The lowest BCUT2D eigenvalue weighted by Gasteiger charge is -2.06. The van der Waals surface area contributed by atoms with Crippen LogP contribution in [0.15, 0.2) is 18.2 Å². The Hall–Kier alpha value is -2.15. The number of nitrogens with two attached hydrogens (primary N) is 1. The lowest BCUT2D eigenvalue weighted by Crippen LogP contribution is -2.08. The molecule has 0 aromatic heterocycles. The maximum absolute atomic E-state index is 10.7. The molecule has 0 saturated carbocycles. The quantitative estimate of drug-likeness (QED) is 0.435. The molecular weight excluding hydrogens is 228 g/mol. The van der Waals surface area contributed by atoms with Crippen molar-refractivity contribution in [2.75, 3.05) is 13.2 Å². The van der Waals surface area contributed by atoms with Gasteiger partial charge >= 0.3 is 11.7 Å². The second-order valence-corrected chi connectivity index (χ2v) is 3.24. The fraction of sp³-hybridized carbons (Fsp3) is 0.300. The van der Waals surface area contributed by atoms with Crippen LogP contribution in [-0.2, 0) is 0 Å². The summed E-state index contributed by atoms with van der Waals surface area (Å²) in [5.74, 6) is -1.22. The van der Waals surface area contributed by atoms with E-state index in [0.717, 1.165) is 18.2 Å². The summed E-state index contributed by atoms with van der Waals surface area (Å²) in [7, 11) is 0. The summed E-state index contributed by atoms with van der Waals surface area (Å²) in [6.07, 6.45) is 0.536. The minimum Gasteiger partial charge on any atom is -0.487 e. The molecule has 0 unspecified atom stereocenters. The minimum atomic E-state index is -1.16. The standard InChI is InChI=1S/C10H12N2O5/c11-4-1-5-17-9-6-7(10(13)14)2-3-8(9)12(15)16/h2-3,6H,1,4-5,11H2,(H,13,14). The molecule has 7 heteroatoms. The summed E-state index contributed by atoms with van der Waals surface area (Å²) in [4.78, 5) is 20.8. The molecule has 3 N–H and O–H groups in total. The van der Waals surface area contributed by atoms with Crippen molar-refractivity contribution >= 4 is 11.7 Å². The molecule has 1 rings (SSSR count). The van der Waals surface area contributed by atoms with Crippen molar-refractivity contribution in [3.05, 3.63) is 33.9 Å². The van der Waals surface area contributed by atoms with Crippen molar-refractivity contribution in [1.29, 1.82) is 0 Å². The number of carbonyl (C=O) groups is 1. The fourth-order valence-electron chi connectivity index (χ4n) is 1.18. The van der Waals surface area contributed by atoms with E-state index in [4.69, 9.17) is 15.6 Å². The van der Waals surface area contributed by atoms with Crippen LogP contribution in [0.3, 0.4) is 0 Å². The van der Waals surface area contributed by atoms with Crippen molar-refractivity contribution in [2.24, 2.45) is 5.73 Å². The van der Waals surface area contributed by atoms with E-state index in [1.54, 1.807) is 0 Å². The molecule has 0 aliphatic heterocycles. The summed E-state index contributed by atoms with van der Waals surface area (Å²) in [5, 5.41) is 19.5. The van der Waals surface area contributed by atoms with E-state index in [9.17, 15) is 14.9 Å². The van der Waals surface area contributed by atoms with E-state index in [1.807, 2.05) is 0 Å². The van der Waals surface area contributed by atoms with Gasteiger partial charge in [0.1, 0.15) is 0 Å². The molecule has 0 aliphatic carbocycles. The van der Waals surface area contributed by atoms with E-state index >= 15 is 0 Å². The molecule has 0 atom stereocenters. The Bertz CT molecular complexity index is 433. The Morgan fingerprint density at radius 1 is 1.53 bits per heavy atom. The number of nitrogens with zero attached hydrogens (tertiary/aromatic N) is 1. The second kappa shape index (κ2) is 5.80. The van der Waals surface area contributed by atoms with Gasteiger partial charge in [0.15, 0.2) is 5.75 Å². The van der Waals surface area contributed by atoms with E-state index in [0.29, 0.717) is 13.0 Å². The highest BCUT2D eigenvalue weighted by molar-refractivity contribution is 5.88. The van der Waals surface area contributed by atoms with Crippen molar-refractivity contribution in [2.45, 2.75) is 6.42 Å². The first-order valence-electron chi connectivity index (χ1n) is 4.91. The van der Waals surface area contributed by atoms with Gasteiger partial charge in [0.05, 0.1) is 17.1 Å². The molecule has 0 fully saturated rings. The van der Waals surface area contributed by atoms with Gasteiger partial charge in [-0.25, -0.2) is 4.79 Å². The van der Waals surface area contributed by atoms with Gasteiger partial charge in [-0.1, -0.05) is 0 Å². The Morgan fingerprint density at radius 3 is 2.76 bits per heavy atom. The van der Waals surface area contributed by atoms with Crippen LogP contribution in [0.4, 0.5) is 5.69 Å². The highest BCUT2D eigenvalue weighted by Gasteiger charge is 2.17. The zero-order chi connectivity index (χ0) is 12.8. The Kier molecular flexibility index (Phi) is 4.41. The third-order valence-corrected chi connectivity index (χ3v) is 2.01. The van der Waals surface area contributed by atoms with Gasteiger partial charge in [-0.15, -0.1) is 0 Å². The SMILES string of the molecule is NCCCOc1cc(C(=O)O)ccc1[N+](=O)[O-]. The first-order chi connectivity index (χ1) is 8.06. The van der Waals surface area contributed by atoms with Crippen molar-refractivity contribution in [3.63, 3.8) is 0 Å². The highest BCUT2D eigenvalue weighted by atomic mass is 16.6. The van der Waals surface area contributed by atoms with Crippen LogP contribution in [0.5, 0.6) is 5.75 Å². The minimum absolute atomic E-state index is 0.0525. The van der Waals surface area contributed by atoms with Crippen LogP contribution < -0.4 is 10.5 Å². The van der Waals surface area contributed by atoms with Crippen LogP contribution in [-0.4, -0.2) is 29.2 Å². The average Bonchev–Trinajstić information content (AvgIpc) is 2.28. The van der Waals surface area contributed by atoms with Crippen LogP contribution in [0.1, 0.15) is 16.8 Å². The van der Waals surface area contributed by atoms with Crippen LogP contribution in [0, 0.1) is 10.1 Å². The van der Waals surface area contributed by atoms with Crippen LogP contribution in [0.2, 0.25) is 0 Å². The fourth-order valence-corrected chi connectivity index (χ4v) is 1.18. The normalized spacial score (nSPS) is 9.94. The molecular formula is C10H12N2O5. The smallest absolute Gasteiger partial charge is 0.335 e. The summed E-state index contributed by atoms with van der Waals surface area (Å²) in [5.41, 5.74) is 4.95. The Morgan fingerprint density at radius 2 is 2.24 bits per heavy atom. The number of carboxylic acid groups (broad SMARTS) is 1. The topological polar surface area (TPSA) is 116 Å². The molecule has 0 spiro atoms. The number of carboxylic acids is 1. The van der Waals surface area contributed by atoms with Gasteiger partial charge in [-0.3, -0.25) is 10.1 Å². The zero-order valence-electron chi connectivity index (χ0n) is 8.96. The number of ether oxygens (including phenoxy) is 1. The molecule has 0 amide bonds. The van der Waals surface area contributed by atoms with Crippen molar-refractivity contribution < 1.29 is 19.6 Å². The third kappa shape index (κ3) is 3.42. The molecule has 0 saturated heterocycles. The monoisotopic (exact) mass is 240 g/mol. The highest BCUT2D eigenvalue weighted by Crippen LogP contribution is 2.28. The summed E-state index contributed by atoms with van der Waals surface area (Å²) < 4.78 is 5.14. The van der Waals surface area contributed by atoms with Gasteiger partial charge in [-0.2, -0.15) is 0 Å². The molecule has 92 valence electrons. The van der Waals surface area contributed by atoms with Gasteiger partial charge < -0.3 is 15.6 Å². The second-order valence-electron chi connectivity index (χ2n) is 3.24. The predicted octanol–water partition coefficient (Wildman–Crippen LogP) is 1.02. The lowest BCUT2D eigenvalue weighted by atomic mass is 10.2. The number of benzene rings is 1. The van der Waals surface area contributed by atoms with Gasteiger partial charge in [0.25, 0.3) is 0 Å². The lowest BCUT2D eigenvalue weighted by molar-refractivity contribution is -0.385. The number of nitro benzene ring substituents is 1. The van der Waals surface area contributed by atoms with E-state index in [-0.39, 0.29) is 23.6 Å². The summed E-state index contributed by atoms with van der Waals surface area (Å²) in [6, 6.07) is 3.41. The molecule has 17 heavy (non-hydrogen) atoms. The van der Waals surface area contributed by atoms with E-state index in [1.165, 1.54) is 0 Å². The zero-order valence-corrected chi connectivity index (χ0v) is 8.96. The van der Waals surface area contributed by atoms with Gasteiger partial charge in [-0.05, 0) is 19.0 Å². The Balaban J connectivity index is 2.98. The van der Waals surface area contributed by atoms with Gasteiger partial charge in [0, 0.05) is 12.1 Å². The number of hydrogen-bond donors (Lipinski definition) is 2. The number of aromatic carboxylic acids is 1. The molecule has 0 heterocycles. The average molecular weight is 240 g/mol. The molecule has 1 aromatic rings. The number of rotatable bonds is 6. The van der Waals surface area contributed by atoms with Gasteiger partial charge in [0.2, 0.25) is 0 Å². The van der Waals surface area contributed by atoms with Crippen molar-refractivity contribution in [3.8, 4) is 5.75 Å². The molecule has 0 radical (unpaired) electrons. The predicted molar refractivity (Wildman–Crippen MR) is 59.2 cm³/mol. The van der Waals surface area contributed by atoms with Crippen LogP contribution in [0.25, 0.3) is 0 Å². The first-order valence-corrected chi connectivity index (χ1v) is 4.91. The van der Waals surface area contributed by atoms with Crippen molar-refractivity contribution in [1.82, 2.24) is 0 Å². The Labute approximate surface area is 97.0 Å². The van der Waals surface area contributed by atoms with E-state index < -0.39 is 10.9 Å². The molecule has 0 bridgehead atoms. The molecule has 7 nitrogen and oxygen atoms in total. The molecule has 0 aliphatic rings. The maximum Gasteiger partial charge on any atom is 0.335 e. The number of hydrogen-bond acceptors (Lipinski definition) is 5. The summed E-state index contributed by atoms with van der Waals surface area (Å²) in [6.45, 7) is 0.604. The van der Waals surface area contributed by atoms with E-state index in [2.05, 4.69) is 0 Å². The largest absolute Gasteiger partial charge is 0.487 e. The number of nitro groups is 1. The maximum atomic E-state index is 10.7. The summed E-state index contributed by atoms with van der Waals surface area (Å²) >= 11 is 0. The van der Waals surface area contributed by atoms with Crippen LogP contribution >= 0.6 is 0 Å². The molecule has 1 aromatic carbocycles. The first kappa shape index (κ1) is 12.9.